The second kappa shape index (κ2) is 8.13. The van der Waals surface area contributed by atoms with Crippen LogP contribution in [0.3, 0.4) is 0 Å². The van der Waals surface area contributed by atoms with Gasteiger partial charge in [0.05, 0.1) is 0 Å². The summed E-state index contributed by atoms with van der Waals surface area (Å²) < 4.78 is 7.80. The van der Waals surface area contributed by atoms with Crippen molar-refractivity contribution in [2.45, 2.75) is 44.5 Å². The molecule has 2 aromatic carbocycles. The molecule has 164 valence electrons. The van der Waals surface area contributed by atoms with E-state index in [0.29, 0.717) is 24.1 Å². The lowest BCUT2D eigenvalue weighted by atomic mass is 9.73. The Bertz CT molecular complexity index is 1180. The van der Waals surface area contributed by atoms with Crippen molar-refractivity contribution in [1.29, 1.82) is 0 Å². The van der Waals surface area contributed by atoms with Gasteiger partial charge in [-0.05, 0) is 41.4 Å². The number of aromatic nitrogens is 3. The number of nitrogens with one attached hydrogen (secondary N) is 1. The van der Waals surface area contributed by atoms with Crippen LogP contribution < -0.4 is 10.1 Å². The third-order valence-corrected chi connectivity index (χ3v) is 6.48. The minimum atomic E-state index is -0.290. The van der Waals surface area contributed by atoms with E-state index in [9.17, 15) is 4.79 Å². The van der Waals surface area contributed by atoms with Crippen LogP contribution in [0.25, 0.3) is 0 Å². The largest absolute Gasteiger partial charge is 0.489 e. The first-order valence-electron chi connectivity index (χ1n) is 10.7. The van der Waals surface area contributed by atoms with Gasteiger partial charge >= 0.3 is 0 Å². The molecule has 2 heterocycles. The molecule has 6 nitrogen and oxygen atoms in total. The van der Waals surface area contributed by atoms with Crippen molar-refractivity contribution in [3.63, 3.8) is 0 Å². The molecule has 2 aliphatic rings. The fourth-order valence-corrected chi connectivity index (χ4v) is 4.82. The van der Waals surface area contributed by atoms with Crippen LogP contribution in [0, 0.1) is 5.41 Å². The summed E-state index contributed by atoms with van der Waals surface area (Å²) in [6.45, 7) is 4.79. The van der Waals surface area contributed by atoms with Gasteiger partial charge in [-0.1, -0.05) is 68.1 Å². The standard InChI is InChI=1S/C25H26N4O2S/c1-25(2)13-19-21(20(30)14-25)22(29-23(26-19)27-24(28-29)32-3)17-9-11-18(12-10-17)31-15-16-7-5-4-6-8-16/h4-12,22H,13-15H2,1-3H3,(H,26,27,28). The molecule has 1 unspecified atom stereocenters. The first-order valence-corrected chi connectivity index (χ1v) is 12.0. The van der Waals surface area contributed by atoms with Crippen molar-refractivity contribution < 1.29 is 9.53 Å². The fraction of sp³-hybridized carbons (Fsp3) is 0.320. The fourth-order valence-electron chi connectivity index (χ4n) is 4.47. The zero-order valence-electron chi connectivity index (χ0n) is 18.5. The lowest BCUT2D eigenvalue weighted by molar-refractivity contribution is -0.118. The summed E-state index contributed by atoms with van der Waals surface area (Å²) in [6.07, 6.45) is 3.29. The molecule has 1 atom stereocenters. The summed E-state index contributed by atoms with van der Waals surface area (Å²) in [7, 11) is 0. The van der Waals surface area contributed by atoms with Crippen molar-refractivity contribution in [3.05, 3.63) is 77.0 Å². The Labute approximate surface area is 192 Å². The Balaban J connectivity index is 1.48. The van der Waals surface area contributed by atoms with Gasteiger partial charge < -0.3 is 10.1 Å². The Morgan fingerprint density at radius 1 is 1.12 bits per heavy atom. The Morgan fingerprint density at radius 3 is 2.59 bits per heavy atom. The Kier molecular flexibility index (Phi) is 5.29. The van der Waals surface area contributed by atoms with E-state index >= 15 is 0 Å². The second-order valence-electron chi connectivity index (χ2n) is 9.07. The van der Waals surface area contributed by atoms with Gasteiger partial charge in [-0.15, -0.1) is 5.10 Å². The van der Waals surface area contributed by atoms with Crippen molar-refractivity contribution in [1.82, 2.24) is 14.8 Å². The quantitative estimate of drug-likeness (QED) is 0.541. The van der Waals surface area contributed by atoms with Gasteiger partial charge in [-0.3, -0.25) is 4.79 Å². The van der Waals surface area contributed by atoms with E-state index in [2.05, 4.69) is 29.2 Å². The molecule has 0 amide bonds. The molecule has 0 saturated heterocycles. The predicted molar refractivity (Wildman–Crippen MR) is 126 cm³/mol. The third-order valence-electron chi connectivity index (χ3n) is 5.94. The van der Waals surface area contributed by atoms with Gasteiger partial charge in [0.2, 0.25) is 11.1 Å². The van der Waals surface area contributed by atoms with Gasteiger partial charge in [-0.25, -0.2) is 4.68 Å². The molecule has 1 N–H and O–H groups in total. The first kappa shape index (κ1) is 20.8. The summed E-state index contributed by atoms with van der Waals surface area (Å²) in [5, 5.41) is 8.76. The Hall–Kier alpha value is -3.06. The van der Waals surface area contributed by atoms with E-state index in [1.54, 1.807) is 0 Å². The van der Waals surface area contributed by atoms with Crippen molar-refractivity contribution >= 4 is 23.5 Å². The minimum Gasteiger partial charge on any atom is -0.489 e. The molecule has 0 bridgehead atoms. The number of thioether (sulfide) groups is 1. The van der Waals surface area contributed by atoms with Crippen LogP contribution in [0.15, 0.2) is 71.0 Å². The molecule has 5 rings (SSSR count). The topological polar surface area (TPSA) is 69.0 Å². The highest BCUT2D eigenvalue weighted by Gasteiger charge is 2.41. The predicted octanol–water partition coefficient (Wildman–Crippen LogP) is 5.24. The smallest absolute Gasteiger partial charge is 0.227 e. The van der Waals surface area contributed by atoms with Crippen molar-refractivity contribution in [2.24, 2.45) is 5.41 Å². The average molecular weight is 447 g/mol. The molecule has 1 aliphatic heterocycles. The summed E-state index contributed by atoms with van der Waals surface area (Å²) in [4.78, 5) is 17.9. The zero-order valence-corrected chi connectivity index (χ0v) is 19.3. The van der Waals surface area contributed by atoms with E-state index in [4.69, 9.17) is 4.74 Å². The van der Waals surface area contributed by atoms with E-state index < -0.39 is 0 Å². The average Bonchev–Trinajstić information content (AvgIpc) is 3.19. The lowest BCUT2D eigenvalue weighted by Gasteiger charge is -2.38. The maximum Gasteiger partial charge on any atom is 0.227 e. The SMILES string of the molecule is CSc1nc2n(n1)C(c1ccc(OCc3ccccc3)cc1)C1=C(CC(C)(C)CC1=O)N2. The first-order chi connectivity index (χ1) is 15.4. The second-order valence-corrected chi connectivity index (χ2v) is 9.84. The number of rotatable bonds is 5. The number of benzene rings is 2. The van der Waals surface area contributed by atoms with Crippen LogP contribution in [0.4, 0.5) is 5.95 Å². The van der Waals surface area contributed by atoms with E-state index in [1.165, 1.54) is 11.8 Å². The molecule has 1 aliphatic carbocycles. The number of carbonyl (C=O) groups excluding carboxylic acids is 1. The molecule has 0 fully saturated rings. The number of hydrogen-bond donors (Lipinski definition) is 1. The van der Waals surface area contributed by atoms with Crippen LogP contribution in [0.5, 0.6) is 5.75 Å². The highest BCUT2D eigenvalue weighted by atomic mass is 32.2. The van der Waals surface area contributed by atoms with Crippen LogP contribution >= 0.6 is 11.8 Å². The molecule has 3 aromatic rings. The summed E-state index contributed by atoms with van der Waals surface area (Å²) >= 11 is 1.49. The summed E-state index contributed by atoms with van der Waals surface area (Å²) in [5.41, 5.74) is 3.81. The van der Waals surface area contributed by atoms with Crippen LogP contribution in [-0.2, 0) is 11.4 Å². The van der Waals surface area contributed by atoms with Gasteiger partial charge in [0, 0.05) is 17.7 Å². The number of nitrogens with zero attached hydrogens (tertiary/aromatic N) is 3. The number of carbonyl (C=O) groups is 1. The maximum absolute atomic E-state index is 13.3. The van der Waals surface area contributed by atoms with Gasteiger partial charge in [0.15, 0.2) is 5.78 Å². The highest BCUT2D eigenvalue weighted by Crippen LogP contribution is 2.45. The number of anilines is 1. The number of ether oxygens (including phenoxy) is 1. The maximum atomic E-state index is 13.3. The van der Waals surface area contributed by atoms with Gasteiger partial charge in [0.1, 0.15) is 18.4 Å². The molecule has 0 radical (unpaired) electrons. The molecule has 0 saturated carbocycles. The van der Waals surface area contributed by atoms with E-state index in [1.807, 2.05) is 65.5 Å². The number of Topliss-reactive ketones (excluding diaryl/α,β-unsaturated/α-hetero) is 1. The lowest BCUT2D eigenvalue weighted by Crippen LogP contribution is -2.36. The summed E-state index contributed by atoms with van der Waals surface area (Å²) in [6, 6.07) is 17.8. The minimum absolute atomic E-state index is 0.0763. The molecule has 7 heteroatoms. The van der Waals surface area contributed by atoms with Crippen LogP contribution in [-0.4, -0.2) is 26.8 Å². The zero-order chi connectivity index (χ0) is 22.3. The van der Waals surface area contributed by atoms with Gasteiger partial charge in [0.25, 0.3) is 0 Å². The number of hydrogen-bond acceptors (Lipinski definition) is 6. The number of ketones is 1. The van der Waals surface area contributed by atoms with Crippen molar-refractivity contribution in [3.8, 4) is 5.75 Å². The summed E-state index contributed by atoms with van der Waals surface area (Å²) in [5.74, 6) is 1.65. The molecular weight excluding hydrogens is 420 g/mol. The monoisotopic (exact) mass is 446 g/mol. The van der Waals surface area contributed by atoms with Gasteiger partial charge in [-0.2, -0.15) is 4.98 Å². The molecular formula is C25H26N4O2S. The van der Waals surface area contributed by atoms with Crippen LogP contribution in [0.2, 0.25) is 0 Å². The number of fused-ring (bicyclic) bond motifs is 1. The van der Waals surface area contributed by atoms with E-state index in [0.717, 1.165) is 34.6 Å². The normalized spacial score (nSPS) is 19.2. The van der Waals surface area contributed by atoms with E-state index in [-0.39, 0.29) is 17.2 Å². The van der Waals surface area contributed by atoms with Crippen LogP contribution in [0.1, 0.15) is 43.9 Å². The molecule has 0 spiro atoms. The molecule has 32 heavy (non-hydrogen) atoms. The van der Waals surface area contributed by atoms with Crippen molar-refractivity contribution in [2.75, 3.05) is 11.6 Å². The molecule has 1 aromatic heterocycles. The Morgan fingerprint density at radius 2 is 1.88 bits per heavy atom. The third kappa shape index (κ3) is 3.93. The number of allylic oxidation sites excluding steroid dienone is 2. The highest BCUT2D eigenvalue weighted by molar-refractivity contribution is 7.98.